The number of ether oxygens (including phenoxy) is 2. The van der Waals surface area contributed by atoms with Gasteiger partial charge in [-0.05, 0) is 12.1 Å². The van der Waals surface area contributed by atoms with Crippen LogP contribution in [0.3, 0.4) is 0 Å². The van der Waals surface area contributed by atoms with E-state index in [9.17, 15) is 4.39 Å². The minimum absolute atomic E-state index is 0.348. The van der Waals surface area contributed by atoms with Crippen LogP contribution in [0.4, 0.5) is 4.39 Å². The van der Waals surface area contributed by atoms with E-state index in [0.29, 0.717) is 17.3 Å². The van der Waals surface area contributed by atoms with Crippen molar-refractivity contribution >= 4 is 5.65 Å². The zero-order valence-corrected chi connectivity index (χ0v) is 11.0. The zero-order chi connectivity index (χ0) is 14.1. The molecule has 0 spiro atoms. The SMILES string of the molecule is COc1cc(F)ccc1-c1cnc2c(OC)nccn12. The molecule has 20 heavy (non-hydrogen) atoms. The molecule has 0 saturated carbocycles. The number of imidazole rings is 1. The summed E-state index contributed by atoms with van der Waals surface area (Å²) in [4.78, 5) is 8.38. The first-order chi connectivity index (χ1) is 9.74. The van der Waals surface area contributed by atoms with Gasteiger partial charge >= 0.3 is 0 Å². The first kappa shape index (κ1) is 12.4. The molecule has 6 heteroatoms. The van der Waals surface area contributed by atoms with E-state index in [1.54, 1.807) is 24.7 Å². The molecular weight excluding hydrogens is 261 g/mol. The van der Waals surface area contributed by atoms with E-state index in [1.807, 2.05) is 4.40 Å². The average molecular weight is 273 g/mol. The van der Waals surface area contributed by atoms with Gasteiger partial charge in [0.15, 0.2) is 0 Å². The summed E-state index contributed by atoms with van der Waals surface area (Å²) in [6, 6.07) is 4.38. The van der Waals surface area contributed by atoms with Gasteiger partial charge in [0.05, 0.1) is 26.1 Å². The van der Waals surface area contributed by atoms with E-state index in [0.717, 1.165) is 11.3 Å². The van der Waals surface area contributed by atoms with Crippen molar-refractivity contribution in [3.05, 3.63) is 42.6 Å². The summed E-state index contributed by atoms with van der Waals surface area (Å²) in [5, 5.41) is 0. The van der Waals surface area contributed by atoms with E-state index >= 15 is 0 Å². The van der Waals surface area contributed by atoms with Gasteiger partial charge in [-0.2, -0.15) is 0 Å². The lowest BCUT2D eigenvalue weighted by Gasteiger charge is -2.08. The zero-order valence-electron chi connectivity index (χ0n) is 11.0. The lowest BCUT2D eigenvalue weighted by atomic mass is 10.1. The minimum Gasteiger partial charge on any atom is -0.496 e. The van der Waals surface area contributed by atoms with Crippen molar-refractivity contribution in [2.24, 2.45) is 0 Å². The van der Waals surface area contributed by atoms with Gasteiger partial charge in [0, 0.05) is 24.0 Å². The smallest absolute Gasteiger partial charge is 0.258 e. The molecular formula is C14H12FN3O2. The fourth-order valence-corrected chi connectivity index (χ4v) is 2.12. The van der Waals surface area contributed by atoms with Gasteiger partial charge in [0.2, 0.25) is 5.65 Å². The Morgan fingerprint density at radius 2 is 2.00 bits per heavy atom. The van der Waals surface area contributed by atoms with Crippen LogP contribution in [0.5, 0.6) is 11.6 Å². The monoisotopic (exact) mass is 273 g/mol. The molecule has 0 aliphatic carbocycles. The maximum atomic E-state index is 13.3. The summed E-state index contributed by atoms with van der Waals surface area (Å²) in [7, 11) is 3.04. The van der Waals surface area contributed by atoms with Crippen LogP contribution >= 0.6 is 0 Å². The summed E-state index contributed by atoms with van der Waals surface area (Å²) in [6.07, 6.45) is 5.06. The molecule has 0 bridgehead atoms. The lowest BCUT2D eigenvalue weighted by Crippen LogP contribution is -1.96. The Morgan fingerprint density at radius 1 is 1.15 bits per heavy atom. The quantitative estimate of drug-likeness (QED) is 0.736. The van der Waals surface area contributed by atoms with E-state index in [1.165, 1.54) is 26.4 Å². The molecule has 0 radical (unpaired) electrons. The van der Waals surface area contributed by atoms with Crippen molar-refractivity contribution in [1.82, 2.24) is 14.4 Å². The van der Waals surface area contributed by atoms with E-state index in [4.69, 9.17) is 9.47 Å². The molecule has 3 rings (SSSR count). The highest BCUT2D eigenvalue weighted by Crippen LogP contribution is 2.32. The Balaban J connectivity index is 2.25. The predicted octanol–water partition coefficient (Wildman–Crippen LogP) is 2.55. The molecule has 0 atom stereocenters. The number of aromatic nitrogens is 3. The van der Waals surface area contributed by atoms with Crippen LogP contribution in [0.25, 0.3) is 16.9 Å². The van der Waals surface area contributed by atoms with Crippen LogP contribution in [-0.4, -0.2) is 28.6 Å². The molecule has 0 aliphatic rings. The number of hydrogen-bond donors (Lipinski definition) is 0. The van der Waals surface area contributed by atoms with Gasteiger partial charge < -0.3 is 9.47 Å². The van der Waals surface area contributed by atoms with E-state index < -0.39 is 0 Å². The van der Waals surface area contributed by atoms with Crippen molar-refractivity contribution in [3.63, 3.8) is 0 Å². The summed E-state index contributed by atoms with van der Waals surface area (Å²) in [5.74, 6) is 0.529. The largest absolute Gasteiger partial charge is 0.496 e. The van der Waals surface area contributed by atoms with Crippen molar-refractivity contribution in [2.45, 2.75) is 0 Å². The molecule has 0 aliphatic heterocycles. The Kier molecular flexibility index (Phi) is 2.98. The molecule has 5 nitrogen and oxygen atoms in total. The summed E-state index contributed by atoms with van der Waals surface area (Å²) in [5.41, 5.74) is 2.11. The van der Waals surface area contributed by atoms with Gasteiger partial charge in [-0.15, -0.1) is 0 Å². The van der Waals surface area contributed by atoms with Crippen LogP contribution in [0, 0.1) is 5.82 Å². The van der Waals surface area contributed by atoms with Crippen molar-refractivity contribution in [2.75, 3.05) is 14.2 Å². The third kappa shape index (κ3) is 1.85. The van der Waals surface area contributed by atoms with Gasteiger partial charge in [-0.1, -0.05) is 0 Å². The summed E-state index contributed by atoms with van der Waals surface area (Å²) < 4.78 is 25.5. The molecule has 0 amide bonds. The number of methoxy groups -OCH3 is 2. The normalized spacial score (nSPS) is 10.8. The molecule has 0 fully saturated rings. The molecule has 2 heterocycles. The standard InChI is InChI=1S/C14H12FN3O2/c1-19-12-7-9(15)3-4-10(12)11-8-17-13-14(20-2)16-5-6-18(11)13/h3-8H,1-2H3. The second-order valence-corrected chi connectivity index (χ2v) is 4.12. The highest BCUT2D eigenvalue weighted by molar-refractivity contribution is 5.71. The Morgan fingerprint density at radius 3 is 2.75 bits per heavy atom. The minimum atomic E-state index is -0.348. The first-order valence-corrected chi connectivity index (χ1v) is 5.94. The van der Waals surface area contributed by atoms with E-state index in [2.05, 4.69) is 9.97 Å². The summed E-state index contributed by atoms with van der Waals surface area (Å²) in [6.45, 7) is 0. The topological polar surface area (TPSA) is 48.7 Å². The Hall–Kier alpha value is -2.63. The second-order valence-electron chi connectivity index (χ2n) is 4.12. The molecule has 0 saturated heterocycles. The summed E-state index contributed by atoms with van der Waals surface area (Å²) >= 11 is 0. The molecule has 0 unspecified atom stereocenters. The number of fused-ring (bicyclic) bond motifs is 1. The van der Waals surface area contributed by atoms with Crippen LogP contribution in [0.1, 0.15) is 0 Å². The third-order valence-electron chi connectivity index (χ3n) is 3.03. The number of benzene rings is 1. The fraction of sp³-hybridized carbons (Fsp3) is 0.143. The molecule has 3 aromatic rings. The Bertz CT molecular complexity index is 770. The third-order valence-corrected chi connectivity index (χ3v) is 3.03. The molecule has 1 aromatic carbocycles. The maximum absolute atomic E-state index is 13.3. The van der Waals surface area contributed by atoms with Crippen molar-refractivity contribution < 1.29 is 13.9 Å². The fourth-order valence-electron chi connectivity index (χ4n) is 2.12. The molecule has 2 aromatic heterocycles. The van der Waals surface area contributed by atoms with E-state index in [-0.39, 0.29) is 5.82 Å². The highest BCUT2D eigenvalue weighted by Gasteiger charge is 2.14. The maximum Gasteiger partial charge on any atom is 0.258 e. The molecule has 0 N–H and O–H groups in total. The van der Waals surface area contributed by atoms with Gasteiger partial charge in [0.1, 0.15) is 11.6 Å². The lowest BCUT2D eigenvalue weighted by molar-refractivity contribution is 0.400. The van der Waals surface area contributed by atoms with Gasteiger partial charge in [-0.25, -0.2) is 14.4 Å². The van der Waals surface area contributed by atoms with Crippen LogP contribution < -0.4 is 9.47 Å². The average Bonchev–Trinajstić information content (AvgIpc) is 2.90. The number of halogens is 1. The van der Waals surface area contributed by atoms with Crippen LogP contribution in [-0.2, 0) is 0 Å². The van der Waals surface area contributed by atoms with Crippen molar-refractivity contribution in [1.29, 1.82) is 0 Å². The number of hydrogen-bond acceptors (Lipinski definition) is 4. The predicted molar refractivity (Wildman–Crippen MR) is 71.5 cm³/mol. The van der Waals surface area contributed by atoms with Crippen LogP contribution in [0.2, 0.25) is 0 Å². The first-order valence-electron chi connectivity index (χ1n) is 5.94. The number of nitrogens with zero attached hydrogens (tertiary/aromatic N) is 3. The molecule has 102 valence electrons. The van der Waals surface area contributed by atoms with Crippen molar-refractivity contribution in [3.8, 4) is 22.9 Å². The second kappa shape index (κ2) is 4.80. The Labute approximate surface area is 114 Å². The van der Waals surface area contributed by atoms with Gasteiger partial charge in [-0.3, -0.25) is 4.40 Å². The highest BCUT2D eigenvalue weighted by atomic mass is 19.1. The number of rotatable bonds is 3. The van der Waals surface area contributed by atoms with Gasteiger partial charge in [0.25, 0.3) is 5.88 Å². The van der Waals surface area contributed by atoms with Crippen LogP contribution in [0.15, 0.2) is 36.8 Å².